The molecule has 0 fully saturated rings. The van der Waals surface area contributed by atoms with Crippen LogP contribution >= 0.6 is 11.6 Å². The van der Waals surface area contributed by atoms with Crippen molar-refractivity contribution in [3.05, 3.63) is 53.6 Å². The van der Waals surface area contributed by atoms with E-state index in [0.29, 0.717) is 23.9 Å². The van der Waals surface area contributed by atoms with Crippen molar-refractivity contribution in [2.75, 3.05) is 19.8 Å². The van der Waals surface area contributed by atoms with Gasteiger partial charge in [0.1, 0.15) is 31.2 Å². The van der Waals surface area contributed by atoms with Gasteiger partial charge in [-0.15, -0.1) is 0 Å². The minimum Gasteiger partial charge on any atom is -0.491 e. The van der Waals surface area contributed by atoms with E-state index in [9.17, 15) is 5.11 Å². The number of halogens is 1. The lowest BCUT2D eigenvalue weighted by atomic mass is 10.1. The van der Waals surface area contributed by atoms with Crippen molar-refractivity contribution in [2.24, 2.45) is 0 Å². The average molecular weight is 364 g/mol. The van der Waals surface area contributed by atoms with Gasteiger partial charge >= 0.3 is 0 Å². The molecule has 6 heteroatoms. The van der Waals surface area contributed by atoms with Gasteiger partial charge < -0.3 is 24.6 Å². The van der Waals surface area contributed by atoms with E-state index in [1.54, 1.807) is 24.3 Å². The fourth-order valence-corrected chi connectivity index (χ4v) is 2.64. The summed E-state index contributed by atoms with van der Waals surface area (Å²) < 4.78 is 17.2. The molecule has 134 valence electrons. The lowest BCUT2D eigenvalue weighted by Crippen LogP contribution is -2.48. The summed E-state index contributed by atoms with van der Waals surface area (Å²) in [6.07, 6.45) is -0.741. The van der Waals surface area contributed by atoms with Gasteiger partial charge in [-0.05, 0) is 43.3 Å². The van der Waals surface area contributed by atoms with Crippen molar-refractivity contribution in [3.63, 3.8) is 0 Å². The van der Waals surface area contributed by atoms with Gasteiger partial charge in [0.15, 0.2) is 11.5 Å². The molecule has 5 nitrogen and oxygen atoms in total. The van der Waals surface area contributed by atoms with Gasteiger partial charge in [0, 0.05) is 17.6 Å². The molecule has 0 spiro atoms. The molecule has 0 aromatic heterocycles. The summed E-state index contributed by atoms with van der Waals surface area (Å²) in [6.45, 7) is 3.08. The monoisotopic (exact) mass is 363 g/mol. The van der Waals surface area contributed by atoms with Crippen LogP contribution in [0.5, 0.6) is 17.2 Å². The van der Waals surface area contributed by atoms with E-state index >= 15 is 0 Å². The van der Waals surface area contributed by atoms with E-state index in [2.05, 4.69) is 5.32 Å². The Morgan fingerprint density at radius 3 is 2.68 bits per heavy atom. The second-order valence-electron chi connectivity index (χ2n) is 6.03. The Morgan fingerprint density at radius 2 is 1.92 bits per heavy atom. The zero-order valence-electron chi connectivity index (χ0n) is 14.0. The highest BCUT2D eigenvalue weighted by atomic mass is 35.5. The van der Waals surface area contributed by atoms with Crippen LogP contribution in [0.4, 0.5) is 0 Å². The van der Waals surface area contributed by atoms with E-state index in [-0.39, 0.29) is 18.8 Å². The minimum absolute atomic E-state index is 0.0264. The molecule has 0 radical (unpaired) electrons. The predicted octanol–water partition coefficient (Wildman–Crippen LogP) is 2.90. The molecule has 0 amide bonds. The SMILES string of the molecule is C[C@@H](NC[C@H](O)COc1ccc(Cl)cc1)[C@@H]1COc2ccccc2O1. The quantitative estimate of drug-likeness (QED) is 0.792. The zero-order valence-corrected chi connectivity index (χ0v) is 14.8. The third-order valence-electron chi connectivity index (χ3n) is 4.02. The Bertz CT molecular complexity index is 679. The zero-order chi connectivity index (χ0) is 17.6. The molecule has 0 saturated carbocycles. The third-order valence-corrected chi connectivity index (χ3v) is 4.27. The molecule has 2 aromatic carbocycles. The fraction of sp³-hybridized carbons (Fsp3) is 0.368. The van der Waals surface area contributed by atoms with Gasteiger partial charge in [0.2, 0.25) is 0 Å². The topological polar surface area (TPSA) is 60.0 Å². The molecule has 0 unspecified atom stereocenters. The molecule has 0 aliphatic carbocycles. The largest absolute Gasteiger partial charge is 0.491 e. The Kier molecular flexibility index (Phi) is 6.02. The molecule has 25 heavy (non-hydrogen) atoms. The molecule has 2 N–H and O–H groups in total. The van der Waals surface area contributed by atoms with Crippen LogP contribution in [0, 0.1) is 0 Å². The highest BCUT2D eigenvalue weighted by Gasteiger charge is 2.26. The Morgan fingerprint density at radius 1 is 1.20 bits per heavy atom. The number of fused-ring (bicyclic) bond motifs is 1. The third kappa shape index (κ3) is 5.01. The molecular weight excluding hydrogens is 342 g/mol. The summed E-state index contributed by atoms with van der Waals surface area (Å²) in [7, 11) is 0. The molecule has 2 aromatic rings. The molecule has 0 bridgehead atoms. The number of nitrogens with one attached hydrogen (secondary N) is 1. The van der Waals surface area contributed by atoms with Crippen LogP contribution in [0.2, 0.25) is 5.02 Å². The molecular formula is C19H22ClNO4. The molecule has 1 aliphatic rings. The summed E-state index contributed by atoms with van der Waals surface area (Å²) in [5.41, 5.74) is 0. The van der Waals surface area contributed by atoms with Crippen molar-refractivity contribution in [1.29, 1.82) is 0 Å². The number of hydrogen-bond acceptors (Lipinski definition) is 5. The van der Waals surface area contributed by atoms with Gasteiger partial charge in [0.25, 0.3) is 0 Å². The predicted molar refractivity (Wildman–Crippen MR) is 96.8 cm³/mol. The van der Waals surface area contributed by atoms with Crippen molar-refractivity contribution in [2.45, 2.75) is 25.2 Å². The second-order valence-corrected chi connectivity index (χ2v) is 6.47. The molecule has 1 aliphatic heterocycles. The van der Waals surface area contributed by atoms with E-state index in [4.69, 9.17) is 25.8 Å². The molecule has 1 heterocycles. The van der Waals surface area contributed by atoms with Crippen molar-refractivity contribution in [3.8, 4) is 17.2 Å². The maximum Gasteiger partial charge on any atom is 0.161 e. The summed E-state index contributed by atoms with van der Waals surface area (Å²) in [5, 5.41) is 14.0. The van der Waals surface area contributed by atoms with Crippen LogP contribution in [-0.4, -0.2) is 43.1 Å². The minimum atomic E-state index is -0.630. The summed E-state index contributed by atoms with van der Waals surface area (Å²) >= 11 is 5.83. The van der Waals surface area contributed by atoms with Gasteiger partial charge in [-0.1, -0.05) is 23.7 Å². The van der Waals surface area contributed by atoms with Crippen LogP contribution < -0.4 is 19.5 Å². The van der Waals surface area contributed by atoms with E-state index in [1.807, 2.05) is 31.2 Å². The number of benzene rings is 2. The van der Waals surface area contributed by atoms with E-state index < -0.39 is 6.10 Å². The first-order valence-corrected chi connectivity index (χ1v) is 8.68. The number of rotatable bonds is 7. The number of ether oxygens (including phenoxy) is 3. The Hall–Kier alpha value is -1.95. The first kappa shape index (κ1) is 17.9. The summed E-state index contributed by atoms with van der Waals surface area (Å²) in [5.74, 6) is 2.19. The maximum atomic E-state index is 10.1. The number of para-hydroxylation sites is 2. The smallest absolute Gasteiger partial charge is 0.161 e. The van der Waals surface area contributed by atoms with Crippen LogP contribution in [0.15, 0.2) is 48.5 Å². The number of aliphatic hydroxyl groups is 1. The van der Waals surface area contributed by atoms with Crippen molar-refractivity contribution in [1.82, 2.24) is 5.32 Å². The van der Waals surface area contributed by atoms with Crippen LogP contribution in [-0.2, 0) is 0 Å². The normalized spacial score (nSPS) is 18.4. The highest BCUT2D eigenvalue weighted by Crippen LogP contribution is 2.31. The number of hydrogen-bond donors (Lipinski definition) is 2. The van der Waals surface area contributed by atoms with Gasteiger partial charge in [-0.2, -0.15) is 0 Å². The maximum absolute atomic E-state index is 10.1. The molecule has 3 rings (SSSR count). The fourth-order valence-electron chi connectivity index (χ4n) is 2.52. The van der Waals surface area contributed by atoms with Crippen LogP contribution in [0.25, 0.3) is 0 Å². The number of aliphatic hydroxyl groups excluding tert-OH is 1. The van der Waals surface area contributed by atoms with Crippen molar-refractivity contribution < 1.29 is 19.3 Å². The first-order valence-electron chi connectivity index (χ1n) is 8.30. The Balaban J connectivity index is 1.41. The van der Waals surface area contributed by atoms with Crippen LogP contribution in [0.1, 0.15) is 6.92 Å². The Labute approximate surface area is 152 Å². The lowest BCUT2D eigenvalue weighted by molar-refractivity contribution is 0.0557. The summed E-state index contributed by atoms with van der Waals surface area (Å²) in [4.78, 5) is 0. The molecule has 3 atom stereocenters. The second kappa shape index (κ2) is 8.43. The lowest BCUT2D eigenvalue weighted by Gasteiger charge is -2.31. The average Bonchev–Trinajstić information content (AvgIpc) is 2.65. The standard InChI is InChI=1S/C19H22ClNO4/c1-13(19-12-24-17-4-2-3-5-18(17)25-19)21-10-15(22)11-23-16-8-6-14(20)7-9-16/h2-9,13,15,19,21-22H,10-12H2,1H3/t13-,15+,19+/m1/s1. The molecule has 0 saturated heterocycles. The van der Waals surface area contributed by atoms with Crippen LogP contribution in [0.3, 0.4) is 0 Å². The summed E-state index contributed by atoms with van der Waals surface area (Å²) in [6, 6.07) is 14.7. The van der Waals surface area contributed by atoms with Gasteiger partial charge in [-0.25, -0.2) is 0 Å². The van der Waals surface area contributed by atoms with Gasteiger partial charge in [0.05, 0.1) is 0 Å². The highest BCUT2D eigenvalue weighted by molar-refractivity contribution is 6.30. The van der Waals surface area contributed by atoms with Gasteiger partial charge in [-0.3, -0.25) is 0 Å². The van der Waals surface area contributed by atoms with Crippen molar-refractivity contribution >= 4 is 11.6 Å². The van der Waals surface area contributed by atoms with E-state index in [1.165, 1.54) is 0 Å². The first-order chi connectivity index (χ1) is 12.1. The van der Waals surface area contributed by atoms with E-state index in [0.717, 1.165) is 11.5 Å².